The van der Waals surface area contributed by atoms with Crippen LogP contribution in [0.25, 0.3) is 6.08 Å². The fourth-order valence-electron chi connectivity index (χ4n) is 2.59. The predicted molar refractivity (Wildman–Crippen MR) is 85.9 cm³/mol. The van der Waals surface area contributed by atoms with Crippen molar-refractivity contribution in [2.45, 2.75) is 26.1 Å². The molecular formula is C19H14F3NaO4. The number of aliphatic carboxylic acids is 1. The normalized spacial score (nSPS) is 15.7. The Labute approximate surface area is 175 Å². The van der Waals surface area contributed by atoms with E-state index in [9.17, 15) is 23.1 Å². The van der Waals surface area contributed by atoms with Gasteiger partial charge in [0.15, 0.2) is 0 Å². The van der Waals surface area contributed by atoms with E-state index in [4.69, 9.17) is 9.47 Å². The van der Waals surface area contributed by atoms with Crippen molar-refractivity contribution in [2.24, 2.45) is 0 Å². The number of carbonyl (C=O) groups excluding carboxylic acids is 1. The summed E-state index contributed by atoms with van der Waals surface area (Å²) in [4.78, 5) is 11.0. The molecule has 136 valence electrons. The summed E-state index contributed by atoms with van der Waals surface area (Å²) in [5.41, 5.74) is 1.08. The zero-order chi connectivity index (χ0) is 19.1. The van der Waals surface area contributed by atoms with E-state index in [0.717, 1.165) is 17.2 Å². The van der Waals surface area contributed by atoms with E-state index < -0.39 is 23.8 Å². The molecule has 1 aliphatic heterocycles. The molecule has 0 fully saturated rings. The second-order valence-electron chi connectivity index (χ2n) is 6.00. The molecule has 0 N–H and O–H groups in total. The van der Waals surface area contributed by atoms with Gasteiger partial charge in [0.25, 0.3) is 0 Å². The molecule has 0 spiro atoms. The minimum absolute atomic E-state index is 0. The number of fused-ring (bicyclic) bond motifs is 1. The first-order chi connectivity index (χ1) is 12.1. The molecule has 0 amide bonds. The van der Waals surface area contributed by atoms with Crippen LogP contribution in [0.5, 0.6) is 17.2 Å². The third-order valence-corrected chi connectivity index (χ3v) is 3.93. The Hall–Kier alpha value is -1.96. The number of hydrogen-bond donors (Lipinski definition) is 0. The summed E-state index contributed by atoms with van der Waals surface area (Å²) in [7, 11) is 0. The van der Waals surface area contributed by atoms with Crippen molar-refractivity contribution >= 4 is 12.0 Å². The standard InChI is InChI=1S/C19H15F3O4.Na/c1-10-3-4-11(2)15(7-10)25-13-6-5-12-8-14(18(23)24)17(19(20,21)22)26-16(12)9-13;/h3-9,17H,1-2H3,(H,23,24);/q;+1/p-1. The molecule has 2 aromatic carbocycles. The molecule has 0 bridgehead atoms. The van der Waals surface area contributed by atoms with Gasteiger partial charge < -0.3 is 19.4 Å². The van der Waals surface area contributed by atoms with Crippen molar-refractivity contribution in [1.82, 2.24) is 0 Å². The fourth-order valence-corrected chi connectivity index (χ4v) is 2.59. The molecule has 27 heavy (non-hydrogen) atoms. The first-order valence-corrected chi connectivity index (χ1v) is 7.70. The maximum atomic E-state index is 13.1. The molecule has 8 heteroatoms. The summed E-state index contributed by atoms with van der Waals surface area (Å²) in [5, 5.41) is 11.0. The number of ether oxygens (including phenoxy) is 2. The van der Waals surface area contributed by atoms with E-state index in [1.807, 2.05) is 32.0 Å². The van der Waals surface area contributed by atoms with Crippen LogP contribution in [0.3, 0.4) is 0 Å². The predicted octanol–water partition coefficient (Wildman–Crippen LogP) is 0.556. The van der Waals surface area contributed by atoms with Gasteiger partial charge in [-0.05, 0) is 49.2 Å². The summed E-state index contributed by atoms with van der Waals surface area (Å²) in [6.45, 7) is 3.74. The summed E-state index contributed by atoms with van der Waals surface area (Å²) < 4.78 is 50.0. The Kier molecular flexibility index (Phi) is 6.29. The fraction of sp³-hybridized carbons (Fsp3) is 0.211. The molecule has 2 aromatic rings. The number of rotatable bonds is 3. The third kappa shape index (κ3) is 4.66. The van der Waals surface area contributed by atoms with Crippen molar-refractivity contribution in [3.8, 4) is 17.2 Å². The van der Waals surface area contributed by atoms with Gasteiger partial charge in [-0.25, -0.2) is 0 Å². The van der Waals surface area contributed by atoms with Crippen LogP contribution < -0.4 is 44.1 Å². The molecule has 0 aliphatic carbocycles. The number of halogens is 3. The van der Waals surface area contributed by atoms with E-state index in [-0.39, 0.29) is 46.6 Å². The Morgan fingerprint density at radius 2 is 1.85 bits per heavy atom. The SMILES string of the molecule is Cc1ccc(C)c(Oc2ccc3c(c2)OC(C(F)(F)F)C(C(=O)[O-])=C3)c1.[Na+]. The molecule has 1 atom stereocenters. The van der Waals surface area contributed by atoms with Gasteiger partial charge in [-0.3, -0.25) is 0 Å². The summed E-state index contributed by atoms with van der Waals surface area (Å²) in [5.74, 6) is -1.18. The smallest absolute Gasteiger partial charge is 0.545 e. The van der Waals surface area contributed by atoms with Gasteiger partial charge in [0.05, 0.1) is 5.97 Å². The number of carboxylic acids is 1. The zero-order valence-electron chi connectivity index (χ0n) is 14.9. The largest absolute Gasteiger partial charge is 1.00 e. The Bertz CT molecular complexity index is 906. The van der Waals surface area contributed by atoms with Crippen LogP contribution in [0.4, 0.5) is 13.2 Å². The van der Waals surface area contributed by atoms with Gasteiger partial charge in [0.1, 0.15) is 17.2 Å². The zero-order valence-corrected chi connectivity index (χ0v) is 16.9. The van der Waals surface area contributed by atoms with Crippen LogP contribution >= 0.6 is 0 Å². The molecule has 4 nitrogen and oxygen atoms in total. The molecule has 0 saturated carbocycles. The number of benzene rings is 2. The topological polar surface area (TPSA) is 58.6 Å². The maximum absolute atomic E-state index is 13.1. The molecule has 1 heterocycles. The Balaban J connectivity index is 0.00000261. The van der Waals surface area contributed by atoms with Crippen molar-refractivity contribution in [3.05, 3.63) is 58.7 Å². The van der Waals surface area contributed by atoms with Crippen LogP contribution in [0.2, 0.25) is 0 Å². The van der Waals surface area contributed by atoms with Crippen LogP contribution in [0, 0.1) is 13.8 Å². The first-order valence-electron chi connectivity index (χ1n) is 7.70. The monoisotopic (exact) mass is 386 g/mol. The summed E-state index contributed by atoms with van der Waals surface area (Å²) in [6.07, 6.45) is -6.56. The minimum atomic E-state index is -4.88. The molecular weight excluding hydrogens is 372 g/mol. The first kappa shape index (κ1) is 21.3. The van der Waals surface area contributed by atoms with Gasteiger partial charge in [-0.1, -0.05) is 12.1 Å². The van der Waals surface area contributed by atoms with Gasteiger partial charge in [0.2, 0.25) is 6.10 Å². The minimum Gasteiger partial charge on any atom is -0.545 e. The summed E-state index contributed by atoms with van der Waals surface area (Å²) in [6, 6.07) is 9.86. The third-order valence-electron chi connectivity index (χ3n) is 3.93. The van der Waals surface area contributed by atoms with Crippen LogP contribution in [0.1, 0.15) is 16.7 Å². The number of hydrogen-bond acceptors (Lipinski definition) is 4. The number of alkyl halides is 3. The number of carbonyl (C=O) groups is 1. The molecule has 1 unspecified atom stereocenters. The molecule has 0 saturated heterocycles. The van der Waals surface area contributed by atoms with Gasteiger partial charge in [-0.2, -0.15) is 13.2 Å². The maximum Gasteiger partial charge on any atom is 1.00 e. The van der Waals surface area contributed by atoms with Crippen LogP contribution in [-0.2, 0) is 4.79 Å². The van der Waals surface area contributed by atoms with Crippen LogP contribution in [0.15, 0.2) is 42.0 Å². The molecule has 1 aliphatic rings. The van der Waals surface area contributed by atoms with E-state index >= 15 is 0 Å². The molecule has 3 rings (SSSR count). The van der Waals surface area contributed by atoms with Gasteiger partial charge >= 0.3 is 35.7 Å². The average Bonchev–Trinajstić information content (AvgIpc) is 2.56. The van der Waals surface area contributed by atoms with E-state index in [1.54, 1.807) is 0 Å². The Morgan fingerprint density at radius 1 is 1.15 bits per heavy atom. The van der Waals surface area contributed by atoms with Gasteiger partial charge in [-0.15, -0.1) is 0 Å². The van der Waals surface area contributed by atoms with Crippen molar-refractivity contribution in [1.29, 1.82) is 0 Å². The van der Waals surface area contributed by atoms with Crippen molar-refractivity contribution in [2.75, 3.05) is 0 Å². The van der Waals surface area contributed by atoms with Gasteiger partial charge in [0, 0.05) is 17.2 Å². The average molecular weight is 386 g/mol. The van der Waals surface area contributed by atoms with E-state index in [1.165, 1.54) is 18.2 Å². The number of carboxylic acid groups (broad SMARTS) is 1. The van der Waals surface area contributed by atoms with Crippen LogP contribution in [-0.4, -0.2) is 18.2 Å². The van der Waals surface area contributed by atoms with Crippen molar-refractivity contribution in [3.63, 3.8) is 0 Å². The molecule has 0 aromatic heterocycles. The quantitative estimate of drug-likeness (QED) is 0.724. The van der Waals surface area contributed by atoms with E-state index in [2.05, 4.69) is 0 Å². The second-order valence-corrected chi connectivity index (χ2v) is 6.00. The Morgan fingerprint density at radius 3 is 2.48 bits per heavy atom. The summed E-state index contributed by atoms with van der Waals surface area (Å²) >= 11 is 0. The van der Waals surface area contributed by atoms with Crippen molar-refractivity contribution < 1.29 is 62.1 Å². The second kappa shape index (κ2) is 7.96. The van der Waals surface area contributed by atoms with E-state index in [0.29, 0.717) is 5.75 Å². The molecule has 0 radical (unpaired) electrons. The number of aryl methyl sites for hydroxylation is 2.